The van der Waals surface area contributed by atoms with Crippen LogP contribution in [0.3, 0.4) is 0 Å². The lowest BCUT2D eigenvalue weighted by atomic mass is 10.3. The normalized spacial score (nSPS) is 15.6. The van der Waals surface area contributed by atoms with E-state index < -0.39 is 0 Å². The molecule has 0 aliphatic carbocycles. The quantitative estimate of drug-likeness (QED) is 0.444. The van der Waals surface area contributed by atoms with E-state index in [1.165, 1.54) is 0 Å². The van der Waals surface area contributed by atoms with Crippen LogP contribution in [0.4, 0.5) is 0 Å². The molecule has 118 valence electrons. The lowest BCUT2D eigenvalue weighted by molar-refractivity contribution is -0.130. The van der Waals surface area contributed by atoms with Gasteiger partial charge in [0.2, 0.25) is 5.91 Å². The second-order valence-corrected chi connectivity index (χ2v) is 4.74. The molecule has 0 atom stereocenters. The van der Waals surface area contributed by atoms with Crippen LogP contribution in [0.2, 0.25) is 0 Å². The van der Waals surface area contributed by atoms with Gasteiger partial charge < -0.3 is 15.1 Å². The zero-order chi connectivity index (χ0) is 14.4. The number of nitrogens with zero attached hydrogens (tertiary/aromatic N) is 5. The van der Waals surface area contributed by atoms with E-state index in [9.17, 15) is 4.79 Å². The highest BCUT2D eigenvalue weighted by Gasteiger charge is 2.20. The highest BCUT2D eigenvalue weighted by Crippen LogP contribution is 2.02. The largest absolute Gasteiger partial charge is 0.354 e. The summed E-state index contributed by atoms with van der Waals surface area (Å²) >= 11 is 0. The molecule has 8 heteroatoms. The first-order chi connectivity index (χ1) is 9.70. The van der Waals surface area contributed by atoms with Gasteiger partial charge in [0.15, 0.2) is 5.96 Å². The number of piperazine rings is 1. The molecule has 1 aromatic heterocycles. The smallest absolute Gasteiger partial charge is 0.219 e. The van der Waals surface area contributed by atoms with Crippen molar-refractivity contribution in [3.8, 4) is 0 Å². The molecule has 0 bridgehead atoms. The van der Waals surface area contributed by atoms with E-state index in [2.05, 4.69) is 20.3 Å². The number of carbonyl (C=O) groups is 1. The van der Waals surface area contributed by atoms with Gasteiger partial charge in [0.25, 0.3) is 0 Å². The first-order valence-electron chi connectivity index (χ1n) is 6.89. The maximum atomic E-state index is 11.3. The summed E-state index contributed by atoms with van der Waals surface area (Å²) in [6.07, 6.45) is 3.71. The number of hydrogen-bond acceptors (Lipinski definition) is 3. The third-order valence-corrected chi connectivity index (χ3v) is 3.42. The molecule has 0 radical (unpaired) electrons. The molecule has 1 saturated heterocycles. The molecule has 1 fully saturated rings. The number of amides is 1. The van der Waals surface area contributed by atoms with Gasteiger partial charge in [-0.15, -0.1) is 24.0 Å². The van der Waals surface area contributed by atoms with Gasteiger partial charge in [-0.3, -0.25) is 14.5 Å². The molecule has 1 aliphatic rings. The van der Waals surface area contributed by atoms with E-state index in [0.717, 1.165) is 45.2 Å². The molecular formula is C13H23IN6O. The molecular weight excluding hydrogens is 383 g/mol. The Balaban J connectivity index is 0.00000220. The first kappa shape index (κ1) is 17.7. The summed E-state index contributed by atoms with van der Waals surface area (Å²) in [7, 11) is 1.79. The Kier molecular flexibility index (Phi) is 7.48. The first-order valence-corrected chi connectivity index (χ1v) is 6.89. The van der Waals surface area contributed by atoms with Gasteiger partial charge in [0.1, 0.15) is 0 Å². The van der Waals surface area contributed by atoms with Crippen molar-refractivity contribution < 1.29 is 4.79 Å². The van der Waals surface area contributed by atoms with E-state index in [-0.39, 0.29) is 29.9 Å². The molecule has 1 amide bonds. The summed E-state index contributed by atoms with van der Waals surface area (Å²) in [5.74, 6) is 1.03. The van der Waals surface area contributed by atoms with E-state index >= 15 is 0 Å². The van der Waals surface area contributed by atoms with Crippen LogP contribution in [0.15, 0.2) is 23.5 Å². The fraction of sp³-hybridized carbons (Fsp3) is 0.615. The Hall–Kier alpha value is -1.32. The third-order valence-electron chi connectivity index (χ3n) is 3.42. The van der Waals surface area contributed by atoms with E-state index in [0.29, 0.717) is 0 Å². The van der Waals surface area contributed by atoms with Crippen molar-refractivity contribution >= 4 is 35.8 Å². The zero-order valence-electron chi connectivity index (χ0n) is 12.5. The minimum Gasteiger partial charge on any atom is -0.354 e. The van der Waals surface area contributed by atoms with Crippen LogP contribution in [-0.4, -0.2) is 71.2 Å². The molecule has 2 rings (SSSR count). The molecule has 1 aromatic rings. The molecule has 0 saturated carbocycles. The lowest BCUT2D eigenvalue weighted by Crippen LogP contribution is -2.53. The zero-order valence-corrected chi connectivity index (χ0v) is 14.9. The lowest BCUT2D eigenvalue weighted by Gasteiger charge is -2.36. The average molecular weight is 406 g/mol. The Labute approximate surface area is 142 Å². The minimum atomic E-state index is 0. The molecule has 2 heterocycles. The number of nitrogens with one attached hydrogen (secondary N) is 1. The minimum absolute atomic E-state index is 0. The number of guanidine groups is 1. The number of halogens is 1. The Morgan fingerprint density at radius 1 is 1.29 bits per heavy atom. The number of aromatic nitrogens is 2. The molecule has 0 spiro atoms. The van der Waals surface area contributed by atoms with Gasteiger partial charge in [-0.2, -0.15) is 5.10 Å². The second-order valence-electron chi connectivity index (χ2n) is 4.74. The van der Waals surface area contributed by atoms with Gasteiger partial charge in [-0.25, -0.2) is 0 Å². The number of aliphatic imine (C=N–C) groups is 1. The predicted octanol–water partition coefficient (Wildman–Crippen LogP) is 0.241. The predicted molar refractivity (Wildman–Crippen MR) is 92.8 cm³/mol. The Morgan fingerprint density at radius 2 is 1.95 bits per heavy atom. The number of carbonyl (C=O) groups excluding carboxylic acids is 1. The Bertz CT molecular complexity index is 453. The molecule has 0 unspecified atom stereocenters. The van der Waals surface area contributed by atoms with E-state index in [1.54, 1.807) is 20.2 Å². The fourth-order valence-corrected chi connectivity index (χ4v) is 2.28. The third kappa shape index (κ3) is 5.18. The van der Waals surface area contributed by atoms with Crippen LogP contribution in [-0.2, 0) is 11.3 Å². The highest BCUT2D eigenvalue weighted by atomic mass is 127. The monoisotopic (exact) mass is 406 g/mol. The summed E-state index contributed by atoms with van der Waals surface area (Å²) in [5.41, 5.74) is 0. The standard InChI is InChI=1S/C13H22N6O.HI/c1-12(20)17-8-10-18(11-9-17)13(14-2)15-5-7-19-6-3-4-16-19;/h3-4,6H,5,7-11H2,1-2H3,(H,14,15);1H. The van der Waals surface area contributed by atoms with E-state index in [4.69, 9.17) is 0 Å². The van der Waals surface area contributed by atoms with Crippen molar-refractivity contribution in [2.75, 3.05) is 39.8 Å². The summed E-state index contributed by atoms with van der Waals surface area (Å²) < 4.78 is 1.88. The van der Waals surface area contributed by atoms with Crippen LogP contribution in [0.5, 0.6) is 0 Å². The van der Waals surface area contributed by atoms with Crippen LogP contribution >= 0.6 is 24.0 Å². The summed E-state index contributed by atoms with van der Waals surface area (Å²) in [4.78, 5) is 19.7. The van der Waals surface area contributed by atoms with Crippen molar-refractivity contribution in [2.24, 2.45) is 4.99 Å². The number of rotatable bonds is 3. The van der Waals surface area contributed by atoms with Crippen molar-refractivity contribution in [3.05, 3.63) is 18.5 Å². The van der Waals surface area contributed by atoms with Gasteiger partial charge in [0.05, 0.1) is 6.54 Å². The van der Waals surface area contributed by atoms with Crippen LogP contribution in [0, 0.1) is 0 Å². The van der Waals surface area contributed by atoms with Gasteiger partial charge >= 0.3 is 0 Å². The maximum absolute atomic E-state index is 11.3. The van der Waals surface area contributed by atoms with Crippen LogP contribution in [0.25, 0.3) is 0 Å². The number of hydrogen-bond donors (Lipinski definition) is 1. The van der Waals surface area contributed by atoms with Crippen molar-refractivity contribution in [3.63, 3.8) is 0 Å². The van der Waals surface area contributed by atoms with Gasteiger partial charge in [-0.1, -0.05) is 0 Å². The van der Waals surface area contributed by atoms with Crippen LogP contribution < -0.4 is 5.32 Å². The maximum Gasteiger partial charge on any atom is 0.219 e. The van der Waals surface area contributed by atoms with E-state index in [1.807, 2.05) is 21.8 Å². The van der Waals surface area contributed by atoms with Crippen molar-refractivity contribution in [2.45, 2.75) is 13.5 Å². The average Bonchev–Trinajstić information content (AvgIpc) is 2.97. The summed E-state index contributed by atoms with van der Waals surface area (Å²) in [5, 5.41) is 7.49. The summed E-state index contributed by atoms with van der Waals surface area (Å²) in [6.45, 7) is 6.36. The topological polar surface area (TPSA) is 65.8 Å². The molecule has 7 nitrogen and oxygen atoms in total. The van der Waals surface area contributed by atoms with Gasteiger partial charge in [0, 0.05) is 59.1 Å². The second kappa shape index (κ2) is 8.85. The molecule has 21 heavy (non-hydrogen) atoms. The summed E-state index contributed by atoms with van der Waals surface area (Å²) in [6, 6.07) is 1.91. The van der Waals surface area contributed by atoms with Gasteiger partial charge in [-0.05, 0) is 6.07 Å². The van der Waals surface area contributed by atoms with Crippen molar-refractivity contribution in [1.29, 1.82) is 0 Å². The van der Waals surface area contributed by atoms with Crippen molar-refractivity contribution in [1.82, 2.24) is 24.9 Å². The fourth-order valence-electron chi connectivity index (χ4n) is 2.28. The Morgan fingerprint density at radius 3 is 2.48 bits per heavy atom. The van der Waals surface area contributed by atoms with Crippen LogP contribution in [0.1, 0.15) is 6.92 Å². The molecule has 0 aromatic carbocycles. The highest BCUT2D eigenvalue weighted by molar-refractivity contribution is 14.0. The molecule has 1 N–H and O–H groups in total. The molecule has 1 aliphatic heterocycles. The SMILES string of the molecule is CN=C(NCCn1cccn1)N1CCN(C(C)=O)CC1.I.